The van der Waals surface area contributed by atoms with Gasteiger partial charge in [0.25, 0.3) is 0 Å². The third-order valence-electron chi connectivity index (χ3n) is 0.547. The summed E-state index contributed by atoms with van der Waals surface area (Å²) in [5.41, 5.74) is 0. The van der Waals surface area contributed by atoms with Crippen molar-refractivity contribution in [1.29, 1.82) is 0 Å². The Balaban J connectivity index is 2.81. The fourth-order valence-corrected chi connectivity index (χ4v) is 0.781. The zero-order chi connectivity index (χ0) is 5.70. The van der Waals surface area contributed by atoms with Crippen LogP contribution in [0.2, 0.25) is 11.6 Å². The van der Waals surface area contributed by atoms with Crippen LogP contribution in [0.15, 0.2) is 12.7 Å². The molecule has 0 aliphatic carbocycles. The normalized spacial score (nSPS) is 8.29. The van der Waals surface area contributed by atoms with Crippen molar-refractivity contribution in [2.45, 2.75) is 11.6 Å². The van der Waals surface area contributed by atoms with Gasteiger partial charge < -0.3 is 3.79 Å². The minimum Gasteiger partial charge on any atom is -0.498 e. The van der Waals surface area contributed by atoms with Crippen molar-refractivity contribution < 1.29 is 3.79 Å². The summed E-state index contributed by atoms with van der Waals surface area (Å²) in [6, 6.07) is 0. The molecule has 0 unspecified atom stereocenters. The monoisotopic (exact) mass is 114 g/mol. The molecule has 0 rings (SSSR count). The highest BCUT2D eigenvalue weighted by Crippen LogP contribution is 1.81. The molecule has 0 amide bonds. The lowest BCUT2D eigenvalue weighted by molar-refractivity contribution is 0.375. The Bertz CT molecular complexity index is 52.0. The number of rotatable bonds is 3. The zero-order valence-corrected chi connectivity index (χ0v) is 6.13. The third-order valence-corrected chi connectivity index (χ3v) is 1.41. The molecule has 0 heterocycles. The second-order valence-corrected chi connectivity index (χ2v) is 4.10. The van der Waals surface area contributed by atoms with Crippen molar-refractivity contribution >= 4 is 14.5 Å². The molecule has 0 aliphatic heterocycles. The van der Waals surface area contributed by atoms with E-state index < -0.39 is 14.5 Å². The SMILES string of the molecule is C=CC[O][Al]([CH3])[CH3]. The van der Waals surface area contributed by atoms with Crippen LogP contribution < -0.4 is 0 Å². The topological polar surface area (TPSA) is 9.23 Å². The van der Waals surface area contributed by atoms with Crippen molar-refractivity contribution in [2.24, 2.45) is 0 Å². The Morgan fingerprint density at radius 2 is 2.29 bits per heavy atom. The maximum atomic E-state index is 5.21. The molecule has 1 nitrogen and oxygen atoms in total. The van der Waals surface area contributed by atoms with E-state index in [1.54, 1.807) is 6.08 Å². The van der Waals surface area contributed by atoms with Crippen LogP contribution in [0.1, 0.15) is 0 Å². The van der Waals surface area contributed by atoms with Gasteiger partial charge in [0.15, 0.2) is 0 Å². The van der Waals surface area contributed by atoms with E-state index in [-0.39, 0.29) is 0 Å². The van der Waals surface area contributed by atoms with Gasteiger partial charge in [0, 0.05) is 6.61 Å². The van der Waals surface area contributed by atoms with Crippen LogP contribution in [0.4, 0.5) is 0 Å². The molecule has 0 fully saturated rings. The smallest absolute Gasteiger partial charge is 0.454 e. The highest BCUT2D eigenvalue weighted by Gasteiger charge is 1.99. The lowest BCUT2D eigenvalue weighted by atomic mass is 10.7. The first-order valence-electron chi connectivity index (χ1n) is 2.50. The minimum atomic E-state index is -0.759. The van der Waals surface area contributed by atoms with Crippen LogP contribution in [0.25, 0.3) is 0 Å². The second kappa shape index (κ2) is 4.39. The zero-order valence-electron chi connectivity index (χ0n) is 4.98. The van der Waals surface area contributed by atoms with Crippen molar-refractivity contribution in [3.63, 3.8) is 0 Å². The molecule has 0 saturated carbocycles. The number of hydrogen-bond donors (Lipinski definition) is 0. The van der Waals surface area contributed by atoms with Gasteiger partial charge in [0.05, 0.1) is 0 Å². The van der Waals surface area contributed by atoms with Crippen LogP contribution in [0, 0.1) is 0 Å². The van der Waals surface area contributed by atoms with Gasteiger partial charge in [-0.25, -0.2) is 0 Å². The molecule has 0 aromatic heterocycles. The molecule has 40 valence electrons. The molecule has 0 aromatic rings. The van der Waals surface area contributed by atoms with Gasteiger partial charge in [-0.15, -0.1) is 6.58 Å². The van der Waals surface area contributed by atoms with Crippen LogP contribution in [0.3, 0.4) is 0 Å². The van der Waals surface area contributed by atoms with Crippen LogP contribution >= 0.6 is 0 Å². The lowest BCUT2D eigenvalue weighted by Gasteiger charge is -1.96. The van der Waals surface area contributed by atoms with Crippen LogP contribution in [0.5, 0.6) is 0 Å². The average molecular weight is 114 g/mol. The molecule has 0 radical (unpaired) electrons. The first-order chi connectivity index (χ1) is 3.27. The summed E-state index contributed by atoms with van der Waals surface area (Å²) >= 11 is -0.759. The summed E-state index contributed by atoms with van der Waals surface area (Å²) in [5.74, 6) is 4.28. The molecule has 2 heteroatoms. The van der Waals surface area contributed by atoms with Crippen molar-refractivity contribution in [1.82, 2.24) is 0 Å². The summed E-state index contributed by atoms with van der Waals surface area (Å²) in [7, 11) is 0. The molecule has 7 heavy (non-hydrogen) atoms. The minimum absolute atomic E-state index is 0.726. The fraction of sp³-hybridized carbons (Fsp3) is 0.600. The third kappa shape index (κ3) is 6.23. The summed E-state index contributed by atoms with van der Waals surface area (Å²) in [5, 5.41) is 0. The Labute approximate surface area is 49.7 Å². The Morgan fingerprint density at radius 3 is 2.43 bits per heavy atom. The lowest BCUT2D eigenvalue weighted by Crippen LogP contribution is -2.06. The Morgan fingerprint density at radius 1 is 1.71 bits per heavy atom. The van der Waals surface area contributed by atoms with E-state index in [0.29, 0.717) is 0 Å². The standard InChI is InChI=1S/C3H5O.2CH3.Al/c1-2-3-4;;;/h2H,1,3H2;2*1H3;/q-1;;;+1. The number of hydrogen-bond acceptors (Lipinski definition) is 1. The molecule has 0 saturated heterocycles. The van der Waals surface area contributed by atoms with Crippen molar-refractivity contribution in [2.75, 3.05) is 6.61 Å². The maximum Gasteiger partial charge on any atom is 0.454 e. The molecular weight excluding hydrogens is 103 g/mol. The summed E-state index contributed by atoms with van der Waals surface area (Å²) in [4.78, 5) is 0. The predicted octanol–water partition coefficient (Wildman–Crippen LogP) is 1.44. The molecule has 0 N–H and O–H groups in total. The van der Waals surface area contributed by atoms with E-state index in [4.69, 9.17) is 3.79 Å². The first kappa shape index (κ1) is 7.23. The largest absolute Gasteiger partial charge is 0.498 e. The maximum absolute atomic E-state index is 5.21. The molecule has 0 atom stereocenters. The van der Waals surface area contributed by atoms with Crippen LogP contribution in [-0.4, -0.2) is 21.1 Å². The van der Waals surface area contributed by atoms with E-state index in [1.807, 2.05) is 0 Å². The van der Waals surface area contributed by atoms with Gasteiger partial charge in [0.1, 0.15) is 0 Å². The van der Waals surface area contributed by atoms with Gasteiger partial charge in [-0.3, -0.25) is 0 Å². The average Bonchev–Trinajstić information content (AvgIpc) is 1.61. The van der Waals surface area contributed by atoms with Crippen molar-refractivity contribution in [3.8, 4) is 0 Å². The van der Waals surface area contributed by atoms with Gasteiger partial charge in [-0.1, -0.05) is 17.6 Å². The molecule has 0 spiro atoms. The van der Waals surface area contributed by atoms with E-state index in [2.05, 4.69) is 18.2 Å². The first-order valence-corrected chi connectivity index (χ1v) is 5.28. The van der Waals surface area contributed by atoms with E-state index in [0.717, 1.165) is 6.61 Å². The van der Waals surface area contributed by atoms with Gasteiger partial charge >= 0.3 is 14.5 Å². The van der Waals surface area contributed by atoms with E-state index >= 15 is 0 Å². The van der Waals surface area contributed by atoms with Gasteiger partial charge in [0.2, 0.25) is 0 Å². The summed E-state index contributed by atoms with van der Waals surface area (Å²) in [6.07, 6.45) is 1.78. The highest BCUT2D eigenvalue weighted by atomic mass is 27.2. The van der Waals surface area contributed by atoms with E-state index in [1.165, 1.54) is 0 Å². The summed E-state index contributed by atoms with van der Waals surface area (Å²) < 4.78 is 5.21. The highest BCUT2D eigenvalue weighted by molar-refractivity contribution is 6.48. The van der Waals surface area contributed by atoms with Crippen molar-refractivity contribution in [3.05, 3.63) is 12.7 Å². The van der Waals surface area contributed by atoms with Crippen LogP contribution in [-0.2, 0) is 3.79 Å². The summed E-state index contributed by atoms with van der Waals surface area (Å²) in [6.45, 7) is 4.26. The molecule has 0 bridgehead atoms. The predicted molar refractivity (Wildman–Crippen MR) is 33.6 cm³/mol. The second-order valence-electron chi connectivity index (χ2n) is 1.67. The van der Waals surface area contributed by atoms with E-state index in [9.17, 15) is 0 Å². The van der Waals surface area contributed by atoms with Gasteiger partial charge in [-0.2, -0.15) is 0 Å². The Hall–Kier alpha value is 0.232. The molecule has 0 aliphatic rings. The molecule has 0 aromatic carbocycles. The quantitative estimate of drug-likeness (QED) is 0.398. The van der Waals surface area contributed by atoms with Gasteiger partial charge in [-0.05, 0) is 0 Å². The Kier molecular flexibility index (Phi) is 4.54. The fourth-order valence-electron chi connectivity index (χ4n) is 0.260. The molecular formula is C5H11AlO.